The van der Waals surface area contributed by atoms with E-state index in [9.17, 15) is 9.59 Å². The number of methoxy groups -OCH3 is 1. The van der Waals surface area contributed by atoms with Crippen LogP contribution in [0.2, 0.25) is 0 Å². The van der Waals surface area contributed by atoms with Crippen molar-refractivity contribution in [3.05, 3.63) is 11.1 Å². The molecule has 114 valence electrons. The van der Waals surface area contributed by atoms with Crippen molar-refractivity contribution in [2.75, 3.05) is 13.7 Å². The molecule has 0 fully saturated rings. The fourth-order valence-electron chi connectivity index (χ4n) is 2.67. The summed E-state index contributed by atoms with van der Waals surface area (Å²) < 4.78 is 9.89. The summed E-state index contributed by atoms with van der Waals surface area (Å²) in [5.41, 5.74) is 1.62. The van der Waals surface area contributed by atoms with Gasteiger partial charge in [0.25, 0.3) is 0 Å². The Balaban J connectivity index is 2.54. The van der Waals surface area contributed by atoms with Crippen LogP contribution in [0.3, 0.4) is 0 Å². The number of carbonyl (C=O) groups excluding carboxylic acids is 2. The van der Waals surface area contributed by atoms with Crippen LogP contribution in [0, 0.1) is 5.41 Å². The number of allylic oxidation sites excluding steroid dienone is 1. The van der Waals surface area contributed by atoms with Gasteiger partial charge in [-0.1, -0.05) is 5.57 Å². The van der Waals surface area contributed by atoms with Gasteiger partial charge in [-0.25, -0.2) is 4.79 Å². The molecule has 0 aromatic rings. The van der Waals surface area contributed by atoms with Crippen molar-refractivity contribution >= 4 is 11.9 Å². The van der Waals surface area contributed by atoms with Crippen LogP contribution in [0.5, 0.6) is 0 Å². The van der Waals surface area contributed by atoms with Crippen LogP contribution in [-0.4, -0.2) is 25.7 Å². The molecule has 4 heteroatoms. The van der Waals surface area contributed by atoms with E-state index < -0.39 is 5.41 Å². The predicted molar refractivity (Wildman–Crippen MR) is 77.2 cm³/mol. The van der Waals surface area contributed by atoms with E-state index in [-0.39, 0.29) is 11.9 Å². The van der Waals surface area contributed by atoms with Gasteiger partial charge < -0.3 is 9.47 Å². The Hall–Kier alpha value is -1.32. The van der Waals surface area contributed by atoms with Crippen molar-refractivity contribution in [2.45, 2.75) is 59.3 Å². The highest BCUT2D eigenvalue weighted by Gasteiger charge is 2.28. The zero-order valence-electron chi connectivity index (χ0n) is 13.1. The minimum atomic E-state index is -0.460. The summed E-state index contributed by atoms with van der Waals surface area (Å²) in [5, 5.41) is 0. The van der Waals surface area contributed by atoms with Gasteiger partial charge in [0.1, 0.15) is 0 Å². The van der Waals surface area contributed by atoms with Gasteiger partial charge in [-0.2, -0.15) is 0 Å². The highest BCUT2D eigenvalue weighted by atomic mass is 16.5. The summed E-state index contributed by atoms with van der Waals surface area (Å²) in [6, 6.07) is 0. The largest absolute Gasteiger partial charge is 0.469 e. The topological polar surface area (TPSA) is 52.6 Å². The molecule has 1 aliphatic carbocycles. The van der Waals surface area contributed by atoms with Gasteiger partial charge in [-0.05, 0) is 59.3 Å². The third kappa shape index (κ3) is 4.36. The van der Waals surface area contributed by atoms with E-state index in [0.29, 0.717) is 6.61 Å². The summed E-state index contributed by atoms with van der Waals surface area (Å²) in [6.45, 7) is 6.04. The molecule has 0 atom stereocenters. The smallest absolute Gasteiger partial charge is 0.333 e. The molecule has 0 aliphatic heterocycles. The van der Waals surface area contributed by atoms with Crippen molar-refractivity contribution in [2.24, 2.45) is 5.41 Å². The minimum absolute atomic E-state index is 0.160. The molecule has 0 bridgehead atoms. The third-order valence-electron chi connectivity index (χ3n) is 3.87. The van der Waals surface area contributed by atoms with E-state index in [1.807, 2.05) is 20.8 Å². The molecule has 0 radical (unpaired) electrons. The minimum Gasteiger partial charge on any atom is -0.469 e. The summed E-state index contributed by atoms with van der Waals surface area (Å²) in [7, 11) is 1.42. The summed E-state index contributed by atoms with van der Waals surface area (Å²) in [4.78, 5) is 23.4. The monoisotopic (exact) mass is 282 g/mol. The van der Waals surface area contributed by atoms with Gasteiger partial charge in [0, 0.05) is 5.57 Å². The first-order valence-corrected chi connectivity index (χ1v) is 7.38. The molecule has 0 saturated carbocycles. The zero-order chi connectivity index (χ0) is 15.2. The Bertz CT molecular complexity index is 393. The number of ether oxygens (including phenoxy) is 2. The average Bonchev–Trinajstić information content (AvgIpc) is 2.86. The van der Waals surface area contributed by atoms with Crippen molar-refractivity contribution < 1.29 is 19.1 Å². The maximum absolute atomic E-state index is 11.8. The van der Waals surface area contributed by atoms with Gasteiger partial charge in [0.15, 0.2) is 0 Å². The lowest BCUT2D eigenvalue weighted by Gasteiger charge is -2.21. The van der Waals surface area contributed by atoms with Gasteiger partial charge in [-0.15, -0.1) is 0 Å². The number of carbonyl (C=O) groups is 2. The molecule has 0 unspecified atom stereocenters. The Labute approximate surface area is 121 Å². The van der Waals surface area contributed by atoms with Gasteiger partial charge in [0.05, 0.1) is 19.1 Å². The maximum Gasteiger partial charge on any atom is 0.333 e. The highest BCUT2D eigenvalue weighted by Crippen LogP contribution is 2.33. The molecule has 20 heavy (non-hydrogen) atoms. The molecule has 0 N–H and O–H groups in total. The van der Waals surface area contributed by atoms with E-state index >= 15 is 0 Å². The molecule has 0 amide bonds. The normalized spacial score (nSPS) is 15.4. The predicted octanol–water partition coefficient (Wildman–Crippen LogP) is 3.40. The molecular weight excluding hydrogens is 256 g/mol. The average molecular weight is 282 g/mol. The lowest BCUT2D eigenvalue weighted by molar-refractivity contribution is -0.151. The Morgan fingerprint density at radius 3 is 2.55 bits per heavy atom. The van der Waals surface area contributed by atoms with Crippen LogP contribution in [-0.2, 0) is 19.1 Å². The Kier molecular flexibility index (Phi) is 6.24. The van der Waals surface area contributed by atoms with Gasteiger partial charge in [-0.3, -0.25) is 4.79 Å². The van der Waals surface area contributed by atoms with Gasteiger partial charge >= 0.3 is 11.9 Å². The van der Waals surface area contributed by atoms with Crippen LogP contribution in [0.1, 0.15) is 59.3 Å². The van der Waals surface area contributed by atoms with E-state index in [1.54, 1.807) is 0 Å². The SMILES string of the molecule is CCOC(=O)C1=C(CCCC(C)(C)C(=O)OC)CCC1. The molecule has 0 saturated heterocycles. The van der Waals surface area contributed by atoms with Crippen molar-refractivity contribution in [3.63, 3.8) is 0 Å². The molecule has 0 aromatic carbocycles. The fraction of sp³-hybridized carbons (Fsp3) is 0.750. The quantitative estimate of drug-likeness (QED) is 0.672. The van der Waals surface area contributed by atoms with Crippen molar-refractivity contribution in [3.8, 4) is 0 Å². The number of hydrogen-bond donors (Lipinski definition) is 0. The first kappa shape index (κ1) is 16.7. The summed E-state index contributed by atoms with van der Waals surface area (Å²) >= 11 is 0. The molecule has 1 rings (SSSR count). The lowest BCUT2D eigenvalue weighted by Crippen LogP contribution is -2.25. The maximum atomic E-state index is 11.8. The number of esters is 2. The van der Waals surface area contributed by atoms with Crippen molar-refractivity contribution in [1.29, 1.82) is 0 Å². The van der Waals surface area contributed by atoms with Crippen LogP contribution >= 0.6 is 0 Å². The molecule has 0 heterocycles. The first-order chi connectivity index (χ1) is 9.42. The summed E-state index contributed by atoms with van der Waals surface area (Å²) in [6.07, 6.45) is 5.36. The van der Waals surface area contributed by atoms with E-state index in [4.69, 9.17) is 9.47 Å². The molecule has 4 nitrogen and oxygen atoms in total. The number of rotatable bonds is 7. The number of hydrogen-bond acceptors (Lipinski definition) is 4. The molecular formula is C16H26O4. The van der Waals surface area contributed by atoms with Crippen LogP contribution in [0.15, 0.2) is 11.1 Å². The van der Waals surface area contributed by atoms with Crippen LogP contribution < -0.4 is 0 Å². The second kappa shape index (κ2) is 7.46. The lowest BCUT2D eigenvalue weighted by atomic mass is 9.86. The molecule has 0 spiro atoms. The Morgan fingerprint density at radius 1 is 1.25 bits per heavy atom. The van der Waals surface area contributed by atoms with Crippen molar-refractivity contribution in [1.82, 2.24) is 0 Å². The summed E-state index contributed by atoms with van der Waals surface area (Å²) in [5.74, 6) is -0.337. The van der Waals surface area contributed by atoms with E-state index in [0.717, 1.165) is 44.1 Å². The fourth-order valence-corrected chi connectivity index (χ4v) is 2.67. The first-order valence-electron chi connectivity index (χ1n) is 7.38. The Morgan fingerprint density at radius 2 is 1.95 bits per heavy atom. The van der Waals surface area contributed by atoms with E-state index in [1.165, 1.54) is 12.7 Å². The molecule has 1 aliphatic rings. The second-order valence-corrected chi connectivity index (χ2v) is 5.89. The molecule has 0 aromatic heterocycles. The zero-order valence-corrected chi connectivity index (χ0v) is 13.1. The highest BCUT2D eigenvalue weighted by molar-refractivity contribution is 5.89. The van der Waals surface area contributed by atoms with E-state index in [2.05, 4.69) is 0 Å². The standard InChI is InChI=1S/C16H26O4/c1-5-20-14(17)13-10-6-8-12(13)9-7-11-16(2,3)15(18)19-4/h5-11H2,1-4H3. The van der Waals surface area contributed by atoms with Crippen LogP contribution in [0.4, 0.5) is 0 Å². The van der Waals surface area contributed by atoms with Gasteiger partial charge in [0.2, 0.25) is 0 Å². The van der Waals surface area contributed by atoms with Crippen LogP contribution in [0.25, 0.3) is 0 Å². The third-order valence-corrected chi connectivity index (χ3v) is 3.87. The second-order valence-electron chi connectivity index (χ2n) is 5.89.